The van der Waals surface area contributed by atoms with Gasteiger partial charge in [0.05, 0.1) is 25.7 Å². The van der Waals surface area contributed by atoms with E-state index in [1.807, 2.05) is 26.0 Å². The second-order valence-corrected chi connectivity index (χ2v) is 4.81. The van der Waals surface area contributed by atoms with Crippen LogP contribution in [0.2, 0.25) is 0 Å². The first-order valence-corrected chi connectivity index (χ1v) is 5.86. The van der Waals surface area contributed by atoms with Crippen LogP contribution in [-0.2, 0) is 32.7 Å². The lowest BCUT2D eigenvalue weighted by atomic mass is 9.84. The summed E-state index contributed by atoms with van der Waals surface area (Å²) >= 11 is 0. The van der Waals surface area contributed by atoms with Crippen molar-refractivity contribution in [3.63, 3.8) is 0 Å². The molecular weight excluding hydrogens is 216 g/mol. The van der Waals surface area contributed by atoms with Crippen molar-refractivity contribution in [1.82, 2.24) is 0 Å². The summed E-state index contributed by atoms with van der Waals surface area (Å²) in [5.74, 6) is -0.209. The average Bonchev–Trinajstić information content (AvgIpc) is 2.28. The van der Waals surface area contributed by atoms with E-state index in [4.69, 9.17) is 9.47 Å². The van der Waals surface area contributed by atoms with E-state index in [1.165, 1.54) is 12.7 Å². The molecule has 0 bridgehead atoms. The Balaban J connectivity index is 2.43. The SMILES string of the molecule is COC(=O)Cc1cccc2c1C(C)(C)OCC2. The summed E-state index contributed by atoms with van der Waals surface area (Å²) in [7, 11) is 1.42. The molecule has 17 heavy (non-hydrogen) atoms. The van der Waals surface area contributed by atoms with Gasteiger partial charge in [-0.05, 0) is 37.0 Å². The smallest absolute Gasteiger partial charge is 0.309 e. The lowest BCUT2D eigenvalue weighted by Gasteiger charge is -2.34. The number of rotatable bonds is 2. The van der Waals surface area contributed by atoms with Crippen molar-refractivity contribution in [3.8, 4) is 0 Å². The van der Waals surface area contributed by atoms with Crippen LogP contribution in [0.15, 0.2) is 18.2 Å². The Kier molecular flexibility index (Phi) is 3.20. The molecule has 1 aromatic carbocycles. The Hall–Kier alpha value is -1.35. The van der Waals surface area contributed by atoms with E-state index in [0.717, 1.165) is 24.2 Å². The van der Waals surface area contributed by atoms with Crippen LogP contribution in [0.5, 0.6) is 0 Å². The minimum Gasteiger partial charge on any atom is -0.469 e. The van der Waals surface area contributed by atoms with E-state index < -0.39 is 0 Å². The van der Waals surface area contributed by atoms with Crippen molar-refractivity contribution < 1.29 is 14.3 Å². The molecule has 0 atom stereocenters. The van der Waals surface area contributed by atoms with Crippen molar-refractivity contribution >= 4 is 5.97 Å². The molecule has 0 aromatic heterocycles. The van der Waals surface area contributed by atoms with Crippen molar-refractivity contribution in [3.05, 3.63) is 34.9 Å². The zero-order valence-electron chi connectivity index (χ0n) is 10.6. The molecule has 0 fully saturated rings. The summed E-state index contributed by atoms with van der Waals surface area (Å²) < 4.78 is 10.5. The summed E-state index contributed by atoms with van der Waals surface area (Å²) in [6.07, 6.45) is 1.22. The first-order chi connectivity index (χ1) is 8.04. The van der Waals surface area contributed by atoms with Gasteiger partial charge in [-0.3, -0.25) is 4.79 Å². The molecule has 92 valence electrons. The number of fused-ring (bicyclic) bond motifs is 1. The molecule has 2 rings (SSSR count). The first kappa shape index (κ1) is 12.1. The molecule has 0 amide bonds. The molecule has 3 heteroatoms. The number of ether oxygens (including phenoxy) is 2. The molecule has 0 radical (unpaired) electrons. The van der Waals surface area contributed by atoms with Gasteiger partial charge in [-0.2, -0.15) is 0 Å². The normalized spacial score (nSPS) is 17.4. The van der Waals surface area contributed by atoms with Crippen molar-refractivity contribution in [2.75, 3.05) is 13.7 Å². The highest BCUT2D eigenvalue weighted by atomic mass is 16.5. The van der Waals surface area contributed by atoms with E-state index in [0.29, 0.717) is 6.42 Å². The third-order valence-corrected chi connectivity index (χ3v) is 3.24. The quantitative estimate of drug-likeness (QED) is 0.736. The van der Waals surface area contributed by atoms with Crippen LogP contribution in [0.4, 0.5) is 0 Å². The Morgan fingerprint density at radius 3 is 2.94 bits per heavy atom. The van der Waals surface area contributed by atoms with Crippen molar-refractivity contribution in [2.24, 2.45) is 0 Å². The van der Waals surface area contributed by atoms with Gasteiger partial charge in [0.2, 0.25) is 0 Å². The second-order valence-electron chi connectivity index (χ2n) is 4.81. The molecule has 0 unspecified atom stereocenters. The number of benzene rings is 1. The summed E-state index contributed by atoms with van der Waals surface area (Å²) in [6.45, 7) is 4.83. The Morgan fingerprint density at radius 1 is 1.47 bits per heavy atom. The topological polar surface area (TPSA) is 35.5 Å². The Morgan fingerprint density at radius 2 is 2.24 bits per heavy atom. The first-order valence-electron chi connectivity index (χ1n) is 5.86. The Labute approximate surface area is 102 Å². The minimum absolute atomic E-state index is 0.209. The number of hydrogen-bond donors (Lipinski definition) is 0. The van der Waals surface area contributed by atoms with Gasteiger partial charge in [0.1, 0.15) is 0 Å². The maximum Gasteiger partial charge on any atom is 0.309 e. The molecule has 0 N–H and O–H groups in total. The zero-order chi connectivity index (χ0) is 12.5. The van der Waals surface area contributed by atoms with Crippen LogP contribution >= 0.6 is 0 Å². The van der Waals surface area contributed by atoms with Crippen molar-refractivity contribution in [2.45, 2.75) is 32.3 Å². The Bertz CT molecular complexity index is 435. The lowest BCUT2D eigenvalue weighted by Crippen LogP contribution is -2.31. The number of methoxy groups -OCH3 is 1. The van der Waals surface area contributed by atoms with Crippen LogP contribution in [0.1, 0.15) is 30.5 Å². The van der Waals surface area contributed by atoms with Gasteiger partial charge in [-0.15, -0.1) is 0 Å². The zero-order valence-corrected chi connectivity index (χ0v) is 10.6. The van der Waals surface area contributed by atoms with Gasteiger partial charge in [0, 0.05) is 0 Å². The molecule has 1 aliphatic heterocycles. The highest BCUT2D eigenvalue weighted by Gasteiger charge is 2.31. The van der Waals surface area contributed by atoms with Gasteiger partial charge < -0.3 is 9.47 Å². The largest absolute Gasteiger partial charge is 0.469 e. The van der Waals surface area contributed by atoms with Gasteiger partial charge >= 0.3 is 5.97 Å². The molecule has 1 aromatic rings. The summed E-state index contributed by atoms with van der Waals surface area (Å²) in [4.78, 5) is 11.4. The molecule has 1 heterocycles. The van der Waals surface area contributed by atoms with Crippen LogP contribution in [0, 0.1) is 0 Å². The number of carbonyl (C=O) groups excluding carboxylic acids is 1. The molecule has 0 spiro atoms. The van der Waals surface area contributed by atoms with Crippen LogP contribution in [-0.4, -0.2) is 19.7 Å². The van der Waals surface area contributed by atoms with E-state index in [-0.39, 0.29) is 11.6 Å². The maximum atomic E-state index is 11.4. The molecule has 0 saturated heterocycles. The van der Waals surface area contributed by atoms with Crippen LogP contribution in [0.25, 0.3) is 0 Å². The second kappa shape index (κ2) is 4.49. The summed E-state index contributed by atoms with van der Waals surface area (Å²) in [5.41, 5.74) is 3.12. The predicted octanol–water partition coefficient (Wildman–Crippen LogP) is 2.21. The fourth-order valence-electron chi connectivity index (χ4n) is 2.50. The maximum absolute atomic E-state index is 11.4. The fraction of sp³-hybridized carbons (Fsp3) is 0.500. The molecule has 3 nitrogen and oxygen atoms in total. The summed E-state index contributed by atoms with van der Waals surface area (Å²) in [5, 5.41) is 0. The fourth-order valence-corrected chi connectivity index (χ4v) is 2.50. The van der Waals surface area contributed by atoms with Gasteiger partial charge in [0.15, 0.2) is 0 Å². The molecule has 0 saturated carbocycles. The molecule has 1 aliphatic rings. The number of carbonyl (C=O) groups is 1. The third-order valence-electron chi connectivity index (χ3n) is 3.24. The average molecular weight is 234 g/mol. The van der Waals surface area contributed by atoms with Crippen LogP contribution < -0.4 is 0 Å². The highest BCUT2D eigenvalue weighted by molar-refractivity contribution is 5.73. The van der Waals surface area contributed by atoms with E-state index >= 15 is 0 Å². The van der Waals surface area contributed by atoms with Gasteiger partial charge in [0.25, 0.3) is 0 Å². The minimum atomic E-state index is -0.321. The van der Waals surface area contributed by atoms with Gasteiger partial charge in [-0.25, -0.2) is 0 Å². The molecular formula is C14H18O3. The third kappa shape index (κ3) is 2.34. The monoisotopic (exact) mass is 234 g/mol. The highest BCUT2D eigenvalue weighted by Crippen LogP contribution is 2.35. The van der Waals surface area contributed by atoms with Gasteiger partial charge in [-0.1, -0.05) is 18.2 Å². The van der Waals surface area contributed by atoms with Crippen molar-refractivity contribution in [1.29, 1.82) is 0 Å². The molecule has 0 aliphatic carbocycles. The predicted molar refractivity (Wildman–Crippen MR) is 64.8 cm³/mol. The lowest BCUT2D eigenvalue weighted by molar-refractivity contribution is -0.139. The van der Waals surface area contributed by atoms with Crippen LogP contribution in [0.3, 0.4) is 0 Å². The summed E-state index contributed by atoms with van der Waals surface area (Å²) in [6, 6.07) is 6.09. The van der Waals surface area contributed by atoms with E-state index in [1.54, 1.807) is 0 Å². The van der Waals surface area contributed by atoms with E-state index in [9.17, 15) is 4.79 Å². The number of esters is 1. The van der Waals surface area contributed by atoms with E-state index in [2.05, 4.69) is 6.07 Å². The number of hydrogen-bond acceptors (Lipinski definition) is 3. The standard InChI is InChI=1S/C14H18O3/c1-14(2)13-10(7-8-17-14)5-4-6-11(13)9-12(15)16-3/h4-6H,7-9H2,1-3H3.